The summed E-state index contributed by atoms with van der Waals surface area (Å²) in [7, 11) is 0. The van der Waals surface area contributed by atoms with Gasteiger partial charge in [-0.1, -0.05) is 31.2 Å². The molecule has 0 saturated carbocycles. The molecule has 0 spiro atoms. The van der Waals surface area contributed by atoms with E-state index in [4.69, 9.17) is 0 Å². The fraction of sp³-hybridized carbons (Fsp3) is 0.611. The van der Waals surface area contributed by atoms with Crippen molar-refractivity contribution in [3.05, 3.63) is 35.4 Å². The molecule has 0 aromatic heterocycles. The summed E-state index contributed by atoms with van der Waals surface area (Å²) in [6.45, 7) is 5.67. The van der Waals surface area contributed by atoms with E-state index in [0.29, 0.717) is 26.1 Å². The summed E-state index contributed by atoms with van der Waals surface area (Å²) in [5.74, 6) is -1.60. The normalized spacial score (nSPS) is 18.9. The second-order valence-corrected chi connectivity index (χ2v) is 6.45. The van der Waals surface area contributed by atoms with Crippen LogP contribution >= 0.6 is 0 Å². The maximum atomic E-state index is 12.9. The minimum Gasteiger partial charge on any atom is -0.341 e. The van der Waals surface area contributed by atoms with Crippen molar-refractivity contribution in [2.24, 2.45) is 5.92 Å². The number of halogens is 3. The molecule has 1 saturated heterocycles. The van der Waals surface area contributed by atoms with Crippen LogP contribution < -0.4 is 0 Å². The van der Waals surface area contributed by atoms with Crippen molar-refractivity contribution >= 4 is 5.91 Å². The van der Waals surface area contributed by atoms with Crippen LogP contribution in [-0.4, -0.2) is 48.1 Å². The van der Waals surface area contributed by atoms with E-state index in [1.54, 1.807) is 0 Å². The maximum Gasteiger partial charge on any atom is 0.393 e. The van der Waals surface area contributed by atoms with Crippen LogP contribution in [0.15, 0.2) is 24.3 Å². The van der Waals surface area contributed by atoms with E-state index in [2.05, 4.69) is 0 Å². The predicted molar refractivity (Wildman–Crippen MR) is 87.5 cm³/mol. The lowest BCUT2D eigenvalue weighted by Gasteiger charge is -2.35. The SMILES string of the molecule is CCN(CC(=O)N1CCCC(C(F)(F)F)C1)Cc1ccccc1C. The van der Waals surface area contributed by atoms with Crippen molar-refractivity contribution in [3.8, 4) is 0 Å². The molecule has 1 fully saturated rings. The molecule has 0 N–H and O–H groups in total. The molecule has 1 atom stereocenters. The zero-order valence-corrected chi connectivity index (χ0v) is 14.3. The van der Waals surface area contributed by atoms with Gasteiger partial charge in [-0.25, -0.2) is 0 Å². The lowest BCUT2D eigenvalue weighted by molar-refractivity contribution is -0.188. The molecule has 1 aliphatic heterocycles. The zero-order chi connectivity index (χ0) is 17.7. The summed E-state index contributed by atoms with van der Waals surface area (Å²) in [5, 5.41) is 0. The first-order valence-corrected chi connectivity index (χ1v) is 8.42. The molecule has 24 heavy (non-hydrogen) atoms. The van der Waals surface area contributed by atoms with Crippen LogP contribution in [0, 0.1) is 12.8 Å². The number of hydrogen-bond donors (Lipinski definition) is 0. The van der Waals surface area contributed by atoms with Crippen LogP contribution in [0.4, 0.5) is 13.2 Å². The van der Waals surface area contributed by atoms with Crippen LogP contribution in [0.2, 0.25) is 0 Å². The number of likely N-dealkylation sites (N-methyl/N-ethyl adjacent to an activating group) is 1. The number of carbonyl (C=O) groups is 1. The van der Waals surface area contributed by atoms with Crippen LogP contribution in [0.25, 0.3) is 0 Å². The quantitative estimate of drug-likeness (QED) is 0.816. The second kappa shape index (κ2) is 8.01. The first-order valence-electron chi connectivity index (χ1n) is 8.42. The van der Waals surface area contributed by atoms with Gasteiger partial charge in [0.15, 0.2) is 0 Å². The number of hydrogen-bond acceptors (Lipinski definition) is 2. The Balaban J connectivity index is 1.95. The summed E-state index contributed by atoms with van der Waals surface area (Å²) < 4.78 is 38.7. The van der Waals surface area contributed by atoms with E-state index in [1.165, 1.54) is 4.90 Å². The van der Waals surface area contributed by atoms with E-state index in [9.17, 15) is 18.0 Å². The molecular formula is C18H25F3N2O. The standard InChI is InChI=1S/C18H25F3N2O/c1-3-22(11-15-8-5-4-7-14(15)2)13-17(24)23-10-6-9-16(12-23)18(19,20)21/h4-5,7-8,16H,3,6,9-13H2,1-2H3. The Bertz CT molecular complexity index is 559. The number of aryl methyl sites for hydroxylation is 1. The van der Waals surface area contributed by atoms with Crippen LogP contribution in [0.1, 0.15) is 30.9 Å². The smallest absolute Gasteiger partial charge is 0.341 e. The third-order valence-corrected chi connectivity index (χ3v) is 4.70. The van der Waals surface area contributed by atoms with E-state index in [-0.39, 0.29) is 25.4 Å². The fourth-order valence-electron chi connectivity index (χ4n) is 3.07. The maximum absolute atomic E-state index is 12.9. The first kappa shape index (κ1) is 18.8. The van der Waals surface area contributed by atoms with Gasteiger partial charge in [0.05, 0.1) is 12.5 Å². The van der Waals surface area contributed by atoms with Gasteiger partial charge < -0.3 is 4.90 Å². The summed E-state index contributed by atoms with van der Waals surface area (Å²) in [5.41, 5.74) is 2.29. The monoisotopic (exact) mass is 342 g/mol. The molecule has 134 valence electrons. The Morgan fingerprint density at radius 3 is 2.67 bits per heavy atom. The number of nitrogens with zero attached hydrogens (tertiary/aromatic N) is 2. The Labute approximate surface area is 141 Å². The fourth-order valence-corrected chi connectivity index (χ4v) is 3.07. The Hall–Kier alpha value is -1.56. The summed E-state index contributed by atoms with van der Waals surface area (Å²) in [4.78, 5) is 15.8. The summed E-state index contributed by atoms with van der Waals surface area (Å²) in [6, 6.07) is 7.95. The number of piperidine rings is 1. The van der Waals surface area contributed by atoms with Gasteiger partial charge in [0.25, 0.3) is 0 Å². The number of alkyl halides is 3. The lowest BCUT2D eigenvalue weighted by atomic mass is 9.97. The van der Waals surface area contributed by atoms with E-state index < -0.39 is 12.1 Å². The van der Waals surface area contributed by atoms with Crippen molar-refractivity contribution in [3.63, 3.8) is 0 Å². The summed E-state index contributed by atoms with van der Waals surface area (Å²) in [6.07, 6.45) is -3.68. The average molecular weight is 342 g/mol. The van der Waals surface area contributed by atoms with Gasteiger partial charge >= 0.3 is 6.18 Å². The molecule has 1 heterocycles. The molecule has 0 aliphatic carbocycles. The molecule has 1 aromatic carbocycles. The van der Waals surface area contributed by atoms with Gasteiger partial charge in [-0.2, -0.15) is 13.2 Å². The zero-order valence-electron chi connectivity index (χ0n) is 14.3. The number of carbonyl (C=O) groups excluding carboxylic acids is 1. The van der Waals surface area contributed by atoms with Crippen molar-refractivity contribution in [2.45, 2.75) is 39.4 Å². The first-order chi connectivity index (χ1) is 11.3. The highest BCUT2D eigenvalue weighted by atomic mass is 19.4. The Morgan fingerprint density at radius 2 is 2.04 bits per heavy atom. The second-order valence-electron chi connectivity index (χ2n) is 6.45. The van der Waals surface area contributed by atoms with E-state index >= 15 is 0 Å². The molecule has 2 rings (SSSR count). The highest BCUT2D eigenvalue weighted by Crippen LogP contribution is 2.33. The minimum absolute atomic E-state index is 0.119. The molecule has 3 nitrogen and oxygen atoms in total. The van der Waals surface area contributed by atoms with Gasteiger partial charge in [0, 0.05) is 19.6 Å². The van der Waals surface area contributed by atoms with Gasteiger partial charge in [-0.15, -0.1) is 0 Å². The molecule has 0 bridgehead atoms. The minimum atomic E-state index is -4.22. The topological polar surface area (TPSA) is 23.6 Å². The van der Waals surface area contributed by atoms with Crippen molar-refractivity contribution in [1.82, 2.24) is 9.80 Å². The van der Waals surface area contributed by atoms with Gasteiger partial charge in [0.2, 0.25) is 5.91 Å². The van der Waals surface area contributed by atoms with E-state index in [1.807, 2.05) is 43.0 Å². The molecule has 1 aliphatic rings. The predicted octanol–water partition coefficient (Wildman–Crippen LogP) is 3.62. The third-order valence-electron chi connectivity index (χ3n) is 4.70. The summed E-state index contributed by atoms with van der Waals surface area (Å²) >= 11 is 0. The van der Waals surface area contributed by atoms with Gasteiger partial charge in [-0.3, -0.25) is 9.69 Å². The molecule has 6 heteroatoms. The van der Waals surface area contributed by atoms with Crippen molar-refractivity contribution in [2.75, 3.05) is 26.2 Å². The van der Waals surface area contributed by atoms with Crippen LogP contribution in [0.3, 0.4) is 0 Å². The molecule has 0 radical (unpaired) electrons. The van der Waals surface area contributed by atoms with Crippen LogP contribution in [0.5, 0.6) is 0 Å². The molecular weight excluding hydrogens is 317 g/mol. The number of amides is 1. The van der Waals surface area contributed by atoms with Gasteiger partial charge in [0.1, 0.15) is 0 Å². The highest BCUT2D eigenvalue weighted by Gasteiger charge is 2.42. The Morgan fingerprint density at radius 1 is 1.33 bits per heavy atom. The average Bonchev–Trinajstić information content (AvgIpc) is 2.55. The largest absolute Gasteiger partial charge is 0.393 e. The van der Waals surface area contributed by atoms with E-state index in [0.717, 1.165) is 11.1 Å². The molecule has 1 aromatic rings. The van der Waals surface area contributed by atoms with Crippen molar-refractivity contribution in [1.29, 1.82) is 0 Å². The van der Waals surface area contributed by atoms with Gasteiger partial charge in [-0.05, 0) is 37.4 Å². The number of benzene rings is 1. The highest BCUT2D eigenvalue weighted by molar-refractivity contribution is 5.78. The Kier molecular flexibility index (Phi) is 6.27. The third kappa shape index (κ3) is 4.97. The number of likely N-dealkylation sites (tertiary alicyclic amines) is 1. The van der Waals surface area contributed by atoms with Crippen molar-refractivity contribution < 1.29 is 18.0 Å². The number of rotatable bonds is 5. The molecule has 1 amide bonds. The van der Waals surface area contributed by atoms with Crippen LogP contribution in [-0.2, 0) is 11.3 Å². The molecule has 1 unspecified atom stereocenters. The lowest BCUT2D eigenvalue weighted by Crippen LogP contribution is -2.48.